The number of benzene rings is 1. The van der Waals surface area contributed by atoms with Gasteiger partial charge in [0.2, 0.25) is 0 Å². The molecule has 0 unspecified atom stereocenters. The maximum atomic E-state index is 13.1. The summed E-state index contributed by atoms with van der Waals surface area (Å²) in [5.41, 5.74) is 7.08. The van der Waals surface area contributed by atoms with Crippen LogP contribution in [0.3, 0.4) is 0 Å². The highest BCUT2D eigenvalue weighted by molar-refractivity contribution is 6.07. The molecular weight excluding hydrogens is 372 g/mol. The van der Waals surface area contributed by atoms with Gasteiger partial charge >= 0.3 is 0 Å². The van der Waals surface area contributed by atoms with Crippen LogP contribution in [0.1, 0.15) is 55.3 Å². The summed E-state index contributed by atoms with van der Waals surface area (Å²) in [5, 5.41) is 5.38. The second kappa shape index (κ2) is 8.34. The first kappa shape index (κ1) is 18.9. The van der Waals surface area contributed by atoms with E-state index < -0.39 is 0 Å². The number of para-hydroxylation sites is 1. The number of rotatable bonds is 3. The molecule has 0 saturated heterocycles. The molecule has 0 radical (unpaired) electrons. The first-order valence-electron chi connectivity index (χ1n) is 10.9. The van der Waals surface area contributed by atoms with Crippen LogP contribution in [0.25, 0.3) is 22.2 Å². The quantitative estimate of drug-likeness (QED) is 0.603. The van der Waals surface area contributed by atoms with Crippen LogP contribution in [0.5, 0.6) is 0 Å². The number of carbonyl (C=O) groups excluding carboxylic acids is 1. The second-order valence-electron chi connectivity index (χ2n) is 8.47. The number of aromatic nitrogens is 2. The van der Waals surface area contributed by atoms with E-state index >= 15 is 0 Å². The molecule has 2 aromatic heterocycles. The van der Waals surface area contributed by atoms with Gasteiger partial charge in [0, 0.05) is 29.1 Å². The van der Waals surface area contributed by atoms with Gasteiger partial charge in [0.05, 0.1) is 16.8 Å². The number of fused-ring (bicyclic) bond motifs is 2. The van der Waals surface area contributed by atoms with Gasteiger partial charge in [0.15, 0.2) is 0 Å². The number of pyridine rings is 2. The molecule has 2 fully saturated rings. The zero-order valence-corrected chi connectivity index (χ0v) is 17.1. The Bertz CT molecular complexity index is 1090. The number of hydrogen-bond acceptors (Lipinski definition) is 4. The molecule has 0 spiro atoms. The Morgan fingerprint density at radius 1 is 1.00 bits per heavy atom. The van der Waals surface area contributed by atoms with Crippen molar-refractivity contribution < 1.29 is 4.79 Å². The number of nitrogens with zero attached hydrogens (tertiary/aromatic N) is 3. The third-order valence-electron chi connectivity index (χ3n) is 6.62. The van der Waals surface area contributed by atoms with Crippen molar-refractivity contribution in [2.75, 3.05) is 0 Å². The molecule has 30 heavy (non-hydrogen) atoms. The lowest BCUT2D eigenvalue weighted by molar-refractivity contribution is 0.0955. The molecule has 1 amide bonds. The Kier molecular flexibility index (Phi) is 5.26. The lowest BCUT2D eigenvalue weighted by atomic mass is 9.70. The molecule has 2 heterocycles. The van der Waals surface area contributed by atoms with E-state index in [2.05, 4.69) is 15.5 Å². The van der Waals surface area contributed by atoms with E-state index in [1.54, 1.807) is 12.4 Å². The van der Waals surface area contributed by atoms with E-state index in [-0.39, 0.29) is 5.91 Å². The number of carbonyl (C=O) groups is 1. The summed E-state index contributed by atoms with van der Waals surface area (Å²) in [4.78, 5) is 21.9. The fraction of sp³-hybridized carbons (Fsp3) is 0.360. The van der Waals surface area contributed by atoms with Crippen molar-refractivity contribution in [1.29, 1.82) is 0 Å². The van der Waals surface area contributed by atoms with E-state index in [0.717, 1.165) is 52.5 Å². The maximum Gasteiger partial charge on any atom is 0.272 e. The van der Waals surface area contributed by atoms with Gasteiger partial charge in [-0.1, -0.05) is 37.5 Å². The Hall–Kier alpha value is -3.08. The number of hydrogen-bond donors (Lipinski definition) is 1. The Morgan fingerprint density at radius 3 is 2.67 bits per heavy atom. The summed E-state index contributed by atoms with van der Waals surface area (Å²) in [6, 6.07) is 13.4. The van der Waals surface area contributed by atoms with Crippen molar-refractivity contribution in [2.24, 2.45) is 16.9 Å². The van der Waals surface area contributed by atoms with Crippen LogP contribution < -0.4 is 5.43 Å². The molecule has 5 rings (SSSR count). The first-order chi connectivity index (χ1) is 14.8. The van der Waals surface area contributed by atoms with E-state index in [9.17, 15) is 4.79 Å². The van der Waals surface area contributed by atoms with E-state index in [4.69, 9.17) is 4.98 Å². The molecule has 0 aliphatic heterocycles. The van der Waals surface area contributed by atoms with E-state index in [1.807, 2.05) is 42.5 Å². The normalized spacial score (nSPS) is 22.6. The lowest BCUT2D eigenvalue weighted by Gasteiger charge is -2.35. The predicted molar refractivity (Wildman–Crippen MR) is 119 cm³/mol. The summed E-state index contributed by atoms with van der Waals surface area (Å²) >= 11 is 0. The highest BCUT2D eigenvalue weighted by Gasteiger charge is 2.30. The zero-order chi connectivity index (χ0) is 20.3. The standard InChI is InChI=1S/C25H26N4O/c30-25(29-28-20-10-9-17-5-1-2-6-19(17)15-20)22-16-24(18-11-13-26-14-12-18)27-23-8-4-3-7-21(22)23/h3-4,7-8,11-14,16-17,19H,1-2,5-6,9-10,15H2,(H,29,30)/b28-20-/t17-,19-/m0/s1. The minimum atomic E-state index is -0.179. The van der Waals surface area contributed by atoms with Crippen LogP contribution in [0.15, 0.2) is 60.0 Å². The highest BCUT2D eigenvalue weighted by atomic mass is 16.2. The molecule has 5 nitrogen and oxygen atoms in total. The molecule has 2 aliphatic rings. The minimum Gasteiger partial charge on any atom is -0.267 e. The minimum absolute atomic E-state index is 0.179. The third kappa shape index (κ3) is 3.84. The summed E-state index contributed by atoms with van der Waals surface area (Å²) in [7, 11) is 0. The number of hydrazone groups is 1. The molecule has 1 aromatic carbocycles. The Labute approximate surface area is 176 Å². The zero-order valence-electron chi connectivity index (χ0n) is 17.1. The molecule has 5 heteroatoms. The molecule has 2 atom stereocenters. The average Bonchev–Trinajstić information content (AvgIpc) is 2.82. The van der Waals surface area contributed by atoms with Crippen molar-refractivity contribution in [1.82, 2.24) is 15.4 Å². The van der Waals surface area contributed by atoms with Crippen LogP contribution >= 0.6 is 0 Å². The summed E-state index contributed by atoms with van der Waals surface area (Å²) in [5.74, 6) is 1.44. The first-order valence-corrected chi connectivity index (χ1v) is 10.9. The molecule has 2 saturated carbocycles. The molecule has 0 bridgehead atoms. The summed E-state index contributed by atoms with van der Waals surface area (Å²) in [6.45, 7) is 0. The topological polar surface area (TPSA) is 67.2 Å². The second-order valence-corrected chi connectivity index (χ2v) is 8.47. The molecule has 152 valence electrons. The van der Waals surface area contributed by atoms with E-state index in [1.165, 1.54) is 32.1 Å². The van der Waals surface area contributed by atoms with Crippen molar-refractivity contribution in [3.63, 3.8) is 0 Å². The van der Waals surface area contributed by atoms with Gasteiger partial charge in [-0.05, 0) is 61.8 Å². The van der Waals surface area contributed by atoms with Gasteiger partial charge in [0.1, 0.15) is 0 Å². The van der Waals surface area contributed by atoms with Gasteiger partial charge < -0.3 is 0 Å². The number of nitrogens with one attached hydrogen (secondary N) is 1. The van der Waals surface area contributed by atoms with Gasteiger partial charge in [-0.2, -0.15) is 5.10 Å². The summed E-state index contributed by atoms with van der Waals surface area (Å²) in [6.07, 6.45) is 12.1. The monoisotopic (exact) mass is 398 g/mol. The van der Waals surface area contributed by atoms with E-state index in [0.29, 0.717) is 5.56 Å². The SMILES string of the molecule is O=C(N/N=C1/CC[C@@H]2CCCC[C@H]2C1)c1cc(-c2ccncc2)nc2ccccc12. The predicted octanol–water partition coefficient (Wildman–Crippen LogP) is 5.37. The third-order valence-corrected chi connectivity index (χ3v) is 6.62. The lowest BCUT2D eigenvalue weighted by Crippen LogP contribution is -2.29. The van der Waals surface area contributed by atoms with Gasteiger partial charge in [-0.15, -0.1) is 0 Å². The molecular formula is C25H26N4O. The fourth-order valence-corrected chi connectivity index (χ4v) is 5.02. The van der Waals surface area contributed by atoms with Crippen molar-refractivity contribution >= 4 is 22.5 Å². The van der Waals surface area contributed by atoms with Crippen molar-refractivity contribution in [3.8, 4) is 11.3 Å². The Morgan fingerprint density at radius 2 is 1.80 bits per heavy atom. The largest absolute Gasteiger partial charge is 0.272 e. The van der Waals surface area contributed by atoms with Crippen LogP contribution in [-0.2, 0) is 0 Å². The molecule has 3 aromatic rings. The van der Waals surface area contributed by atoms with Crippen LogP contribution in [0, 0.1) is 11.8 Å². The summed E-state index contributed by atoms with van der Waals surface area (Å²) < 4.78 is 0. The average molecular weight is 399 g/mol. The fourth-order valence-electron chi connectivity index (χ4n) is 5.02. The van der Waals surface area contributed by atoms with Crippen molar-refractivity contribution in [2.45, 2.75) is 44.9 Å². The number of amides is 1. The van der Waals surface area contributed by atoms with Gasteiger partial charge in [0.25, 0.3) is 5.91 Å². The van der Waals surface area contributed by atoms with Crippen LogP contribution in [0.4, 0.5) is 0 Å². The highest BCUT2D eigenvalue weighted by Crippen LogP contribution is 2.39. The molecule has 2 aliphatic carbocycles. The van der Waals surface area contributed by atoms with Gasteiger partial charge in [-0.3, -0.25) is 9.78 Å². The van der Waals surface area contributed by atoms with Crippen LogP contribution in [-0.4, -0.2) is 21.6 Å². The van der Waals surface area contributed by atoms with Crippen LogP contribution in [0.2, 0.25) is 0 Å². The van der Waals surface area contributed by atoms with Crippen molar-refractivity contribution in [3.05, 3.63) is 60.4 Å². The molecule has 1 N–H and O–H groups in total. The smallest absolute Gasteiger partial charge is 0.267 e. The Balaban J connectivity index is 1.41. The maximum absolute atomic E-state index is 13.1. The van der Waals surface area contributed by atoms with Gasteiger partial charge in [-0.25, -0.2) is 10.4 Å².